The van der Waals surface area contributed by atoms with Crippen molar-refractivity contribution in [2.75, 3.05) is 0 Å². The number of aliphatic hydroxyl groups excluding tert-OH is 1. The second-order valence-electron chi connectivity index (χ2n) is 4.63. The maximum Gasteiger partial charge on any atom is 0.0662 e. The number of hydrogen-bond donors (Lipinski definition) is 1. The third-order valence-electron chi connectivity index (χ3n) is 3.45. The van der Waals surface area contributed by atoms with E-state index in [1.54, 1.807) is 0 Å². The van der Waals surface area contributed by atoms with Crippen LogP contribution in [0.4, 0.5) is 0 Å². The van der Waals surface area contributed by atoms with Crippen LogP contribution in [0.15, 0.2) is 47.4 Å². The van der Waals surface area contributed by atoms with E-state index in [2.05, 4.69) is 42.5 Å². The molecular formula is C15H16OS. The Morgan fingerprint density at radius 2 is 1.82 bits per heavy atom. The van der Waals surface area contributed by atoms with E-state index in [9.17, 15) is 5.11 Å². The molecule has 0 unspecified atom stereocenters. The molecule has 1 saturated carbocycles. The normalized spacial score (nSPS) is 24.3. The molecule has 1 fully saturated rings. The van der Waals surface area contributed by atoms with Crippen molar-refractivity contribution in [3.8, 4) is 0 Å². The van der Waals surface area contributed by atoms with Gasteiger partial charge in [-0.25, -0.2) is 0 Å². The number of benzene rings is 2. The lowest BCUT2D eigenvalue weighted by molar-refractivity contribution is 0.188. The molecule has 2 aromatic rings. The quantitative estimate of drug-likeness (QED) is 0.866. The largest absolute Gasteiger partial charge is 0.392 e. The highest BCUT2D eigenvalue weighted by molar-refractivity contribution is 8.00. The summed E-state index contributed by atoms with van der Waals surface area (Å²) in [5, 5.41) is 12.9. The van der Waals surface area contributed by atoms with E-state index in [0.29, 0.717) is 5.25 Å². The van der Waals surface area contributed by atoms with Crippen molar-refractivity contribution in [1.29, 1.82) is 0 Å². The topological polar surface area (TPSA) is 20.2 Å². The highest BCUT2D eigenvalue weighted by atomic mass is 32.2. The van der Waals surface area contributed by atoms with Crippen LogP contribution in [0.1, 0.15) is 19.3 Å². The molecule has 0 aliphatic heterocycles. The van der Waals surface area contributed by atoms with Crippen LogP contribution in [0, 0.1) is 0 Å². The predicted octanol–water partition coefficient (Wildman–Crippen LogP) is 3.85. The fourth-order valence-corrected chi connectivity index (χ4v) is 3.88. The highest BCUT2D eigenvalue weighted by Gasteiger charge is 2.26. The molecule has 1 N–H and O–H groups in total. The molecule has 2 atom stereocenters. The first-order valence-electron chi connectivity index (χ1n) is 6.17. The first kappa shape index (κ1) is 11.1. The molecule has 88 valence electrons. The summed E-state index contributed by atoms with van der Waals surface area (Å²) in [4.78, 5) is 1.30. The number of thioether (sulfide) groups is 1. The Labute approximate surface area is 106 Å². The molecule has 1 aliphatic rings. The first-order valence-corrected chi connectivity index (χ1v) is 7.05. The van der Waals surface area contributed by atoms with Gasteiger partial charge in [0.05, 0.1) is 6.10 Å². The van der Waals surface area contributed by atoms with Gasteiger partial charge in [-0.15, -0.1) is 11.8 Å². The Hall–Kier alpha value is -0.990. The Bertz CT molecular complexity index is 518. The third-order valence-corrected chi connectivity index (χ3v) is 4.91. The van der Waals surface area contributed by atoms with Gasteiger partial charge in [-0.05, 0) is 36.1 Å². The summed E-state index contributed by atoms with van der Waals surface area (Å²) in [5.41, 5.74) is 0. The van der Waals surface area contributed by atoms with Gasteiger partial charge in [-0.1, -0.05) is 36.4 Å². The maximum absolute atomic E-state index is 9.90. The molecular weight excluding hydrogens is 228 g/mol. The minimum Gasteiger partial charge on any atom is -0.392 e. The fraction of sp³-hybridized carbons (Fsp3) is 0.333. The van der Waals surface area contributed by atoms with Gasteiger partial charge in [-0.2, -0.15) is 0 Å². The lowest BCUT2D eigenvalue weighted by Crippen LogP contribution is -2.14. The summed E-state index contributed by atoms with van der Waals surface area (Å²) in [6, 6.07) is 14.9. The number of hydrogen-bond acceptors (Lipinski definition) is 2. The number of fused-ring (bicyclic) bond motifs is 1. The standard InChI is InChI=1S/C15H16OS/c16-13-8-4-10-15(13)17-14-9-3-6-11-5-1-2-7-12(11)14/h1-3,5-7,9,13,15-16H,4,8,10H2/t13-,15-/m0/s1. The summed E-state index contributed by atoms with van der Waals surface area (Å²) in [7, 11) is 0. The Morgan fingerprint density at radius 3 is 2.65 bits per heavy atom. The zero-order valence-electron chi connectivity index (χ0n) is 9.67. The van der Waals surface area contributed by atoms with Crippen molar-refractivity contribution in [3.63, 3.8) is 0 Å². The average molecular weight is 244 g/mol. The molecule has 0 saturated heterocycles. The van der Waals surface area contributed by atoms with Crippen LogP contribution in [0.2, 0.25) is 0 Å². The van der Waals surface area contributed by atoms with E-state index in [-0.39, 0.29) is 6.10 Å². The van der Waals surface area contributed by atoms with Crippen LogP contribution in [-0.4, -0.2) is 16.5 Å². The molecule has 0 aromatic heterocycles. The van der Waals surface area contributed by atoms with Crippen LogP contribution < -0.4 is 0 Å². The molecule has 0 radical (unpaired) electrons. The smallest absolute Gasteiger partial charge is 0.0662 e. The number of rotatable bonds is 2. The second-order valence-corrected chi connectivity index (χ2v) is 5.91. The van der Waals surface area contributed by atoms with Crippen LogP contribution in [0.25, 0.3) is 10.8 Å². The summed E-state index contributed by atoms with van der Waals surface area (Å²) in [6.07, 6.45) is 3.13. The highest BCUT2D eigenvalue weighted by Crippen LogP contribution is 2.37. The molecule has 2 heteroatoms. The van der Waals surface area contributed by atoms with Gasteiger partial charge in [-0.3, -0.25) is 0 Å². The summed E-state index contributed by atoms with van der Waals surface area (Å²) >= 11 is 1.84. The lowest BCUT2D eigenvalue weighted by Gasteiger charge is -2.15. The van der Waals surface area contributed by atoms with Crippen molar-refractivity contribution in [1.82, 2.24) is 0 Å². The van der Waals surface area contributed by atoms with Gasteiger partial charge in [0.25, 0.3) is 0 Å². The molecule has 0 heterocycles. The zero-order chi connectivity index (χ0) is 11.7. The van der Waals surface area contributed by atoms with Crippen molar-refractivity contribution in [2.24, 2.45) is 0 Å². The summed E-state index contributed by atoms with van der Waals surface area (Å²) < 4.78 is 0. The van der Waals surface area contributed by atoms with E-state index in [4.69, 9.17) is 0 Å². The van der Waals surface area contributed by atoms with Gasteiger partial charge in [0.2, 0.25) is 0 Å². The van der Waals surface area contributed by atoms with E-state index in [0.717, 1.165) is 19.3 Å². The first-order chi connectivity index (χ1) is 8.34. The van der Waals surface area contributed by atoms with Crippen LogP contribution in [0.3, 0.4) is 0 Å². The average Bonchev–Trinajstić information content (AvgIpc) is 2.76. The maximum atomic E-state index is 9.90. The van der Waals surface area contributed by atoms with Crippen molar-refractivity contribution in [3.05, 3.63) is 42.5 Å². The Balaban J connectivity index is 1.94. The minimum absolute atomic E-state index is 0.126. The molecule has 0 spiro atoms. The molecule has 2 aromatic carbocycles. The monoisotopic (exact) mass is 244 g/mol. The second kappa shape index (κ2) is 4.71. The van der Waals surface area contributed by atoms with E-state index in [1.165, 1.54) is 15.7 Å². The zero-order valence-corrected chi connectivity index (χ0v) is 10.5. The Morgan fingerprint density at radius 1 is 1.00 bits per heavy atom. The molecule has 1 nitrogen and oxygen atoms in total. The van der Waals surface area contributed by atoms with Crippen molar-refractivity contribution >= 4 is 22.5 Å². The molecule has 3 rings (SSSR count). The van der Waals surface area contributed by atoms with Gasteiger partial charge in [0.15, 0.2) is 0 Å². The summed E-state index contributed by atoms with van der Waals surface area (Å²) in [5.74, 6) is 0. The SMILES string of the molecule is O[C@H]1CCC[C@@H]1Sc1cccc2ccccc12. The van der Waals surface area contributed by atoms with Gasteiger partial charge in [0, 0.05) is 10.1 Å². The van der Waals surface area contributed by atoms with E-state index < -0.39 is 0 Å². The van der Waals surface area contributed by atoms with Gasteiger partial charge < -0.3 is 5.11 Å². The van der Waals surface area contributed by atoms with Crippen LogP contribution in [-0.2, 0) is 0 Å². The lowest BCUT2D eigenvalue weighted by atomic mass is 10.1. The Kier molecular flexibility index (Phi) is 3.08. The van der Waals surface area contributed by atoms with Gasteiger partial charge in [0.1, 0.15) is 0 Å². The number of aliphatic hydroxyl groups is 1. The van der Waals surface area contributed by atoms with Crippen molar-refractivity contribution in [2.45, 2.75) is 35.5 Å². The fourth-order valence-electron chi connectivity index (χ4n) is 2.51. The molecule has 17 heavy (non-hydrogen) atoms. The van der Waals surface area contributed by atoms with E-state index >= 15 is 0 Å². The predicted molar refractivity (Wildman–Crippen MR) is 73.5 cm³/mol. The van der Waals surface area contributed by atoms with E-state index in [1.807, 2.05) is 11.8 Å². The molecule has 0 amide bonds. The molecule has 1 aliphatic carbocycles. The van der Waals surface area contributed by atoms with Crippen molar-refractivity contribution < 1.29 is 5.11 Å². The van der Waals surface area contributed by atoms with Crippen LogP contribution >= 0.6 is 11.8 Å². The third kappa shape index (κ3) is 2.20. The minimum atomic E-state index is -0.126. The van der Waals surface area contributed by atoms with Crippen LogP contribution in [0.5, 0.6) is 0 Å². The molecule has 0 bridgehead atoms. The van der Waals surface area contributed by atoms with Gasteiger partial charge >= 0.3 is 0 Å². The summed E-state index contributed by atoms with van der Waals surface area (Å²) in [6.45, 7) is 0.